The quantitative estimate of drug-likeness (QED) is 0.645. The van der Waals surface area contributed by atoms with Gasteiger partial charge in [-0.3, -0.25) is 14.7 Å². The monoisotopic (exact) mass is 169 g/mol. The Balaban J connectivity index is 2.37. The Kier molecular flexibility index (Phi) is 3.22. The highest BCUT2D eigenvalue weighted by Crippen LogP contribution is 2.04. The van der Waals surface area contributed by atoms with Gasteiger partial charge in [0, 0.05) is 13.0 Å². The zero-order valence-corrected chi connectivity index (χ0v) is 7.42. The maximum absolute atomic E-state index is 11.4. The van der Waals surface area contributed by atoms with Crippen LogP contribution in [0.1, 0.15) is 19.8 Å². The Bertz CT molecular complexity index is 200. The van der Waals surface area contributed by atoms with Crippen LogP contribution < -0.4 is 5.73 Å². The van der Waals surface area contributed by atoms with E-state index in [9.17, 15) is 4.79 Å². The summed E-state index contributed by atoms with van der Waals surface area (Å²) in [6.45, 7) is 3.94. The van der Waals surface area contributed by atoms with Crippen molar-refractivity contribution in [2.24, 2.45) is 10.7 Å². The van der Waals surface area contributed by atoms with E-state index >= 15 is 0 Å². The number of carbonyl (C=O) groups excluding carboxylic acids is 1. The third-order valence-corrected chi connectivity index (χ3v) is 1.95. The van der Waals surface area contributed by atoms with Crippen LogP contribution in [0.5, 0.6) is 0 Å². The highest BCUT2D eigenvalue weighted by atomic mass is 16.2. The fourth-order valence-electron chi connectivity index (χ4n) is 1.25. The van der Waals surface area contributed by atoms with Gasteiger partial charge in [0.15, 0.2) is 0 Å². The lowest BCUT2D eigenvalue weighted by Crippen LogP contribution is -2.32. The van der Waals surface area contributed by atoms with Gasteiger partial charge in [0.25, 0.3) is 0 Å². The van der Waals surface area contributed by atoms with E-state index in [2.05, 4.69) is 4.99 Å². The summed E-state index contributed by atoms with van der Waals surface area (Å²) in [6, 6.07) is 0. The van der Waals surface area contributed by atoms with Gasteiger partial charge in [-0.15, -0.1) is 0 Å². The average molecular weight is 169 g/mol. The van der Waals surface area contributed by atoms with Crippen molar-refractivity contribution < 1.29 is 4.79 Å². The number of hydrogen-bond donors (Lipinski definition) is 1. The lowest BCUT2D eigenvalue weighted by molar-refractivity contribution is -0.127. The largest absolute Gasteiger partial charge is 0.330 e. The minimum Gasteiger partial charge on any atom is -0.330 e. The van der Waals surface area contributed by atoms with Crippen LogP contribution in [0.2, 0.25) is 0 Å². The second-order valence-electron chi connectivity index (χ2n) is 2.87. The lowest BCUT2D eigenvalue weighted by atomic mass is 10.3. The summed E-state index contributed by atoms with van der Waals surface area (Å²) in [5.41, 5.74) is 5.31. The molecule has 4 heteroatoms. The van der Waals surface area contributed by atoms with Crippen LogP contribution in [0, 0.1) is 0 Å². The zero-order chi connectivity index (χ0) is 8.97. The van der Waals surface area contributed by atoms with E-state index in [0.29, 0.717) is 13.0 Å². The molecule has 1 amide bonds. The summed E-state index contributed by atoms with van der Waals surface area (Å²) in [5, 5.41) is 0. The van der Waals surface area contributed by atoms with Gasteiger partial charge in [0.2, 0.25) is 5.91 Å². The maximum Gasteiger partial charge on any atom is 0.227 e. The SMILES string of the molecule is CC1=NCCN1C(=O)CCCN. The first-order valence-corrected chi connectivity index (χ1v) is 4.27. The van der Waals surface area contributed by atoms with E-state index < -0.39 is 0 Å². The molecular formula is C8H15N3O. The predicted molar refractivity (Wildman–Crippen MR) is 48.0 cm³/mol. The molecule has 0 spiro atoms. The van der Waals surface area contributed by atoms with E-state index in [0.717, 1.165) is 25.3 Å². The first-order chi connectivity index (χ1) is 5.75. The summed E-state index contributed by atoms with van der Waals surface area (Å²) < 4.78 is 0. The summed E-state index contributed by atoms with van der Waals surface area (Å²) >= 11 is 0. The molecule has 0 radical (unpaired) electrons. The molecule has 12 heavy (non-hydrogen) atoms. The molecule has 1 aliphatic rings. The molecule has 0 bridgehead atoms. The number of hydrogen-bond acceptors (Lipinski definition) is 3. The van der Waals surface area contributed by atoms with E-state index in [1.54, 1.807) is 4.90 Å². The molecule has 68 valence electrons. The number of rotatable bonds is 3. The van der Waals surface area contributed by atoms with Crippen LogP contribution in [0.25, 0.3) is 0 Å². The van der Waals surface area contributed by atoms with Crippen LogP contribution in [-0.2, 0) is 4.79 Å². The van der Waals surface area contributed by atoms with E-state index in [-0.39, 0.29) is 5.91 Å². The number of aliphatic imine (C=N–C) groups is 1. The Morgan fingerprint density at radius 2 is 2.50 bits per heavy atom. The third kappa shape index (κ3) is 2.04. The summed E-state index contributed by atoms with van der Waals surface area (Å²) in [7, 11) is 0. The van der Waals surface area contributed by atoms with Crippen LogP contribution in [0.15, 0.2) is 4.99 Å². The lowest BCUT2D eigenvalue weighted by Gasteiger charge is -2.15. The molecule has 0 aromatic carbocycles. The standard InChI is InChI=1S/C8H15N3O/c1-7-10-5-6-11(7)8(12)3-2-4-9/h2-6,9H2,1H3. The molecule has 0 atom stereocenters. The van der Waals surface area contributed by atoms with Crippen LogP contribution in [0.4, 0.5) is 0 Å². The smallest absolute Gasteiger partial charge is 0.227 e. The van der Waals surface area contributed by atoms with Gasteiger partial charge in [0.1, 0.15) is 5.84 Å². The first kappa shape index (κ1) is 9.19. The first-order valence-electron chi connectivity index (χ1n) is 4.27. The molecule has 0 aromatic rings. The van der Waals surface area contributed by atoms with Crippen molar-refractivity contribution >= 4 is 11.7 Å². The summed E-state index contributed by atoms with van der Waals surface area (Å²) in [5.74, 6) is 0.997. The Morgan fingerprint density at radius 3 is 3.00 bits per heavy atom. The summed E-state index contributed by atoms with van der Waals surface area (Å²) in [4.78, 5) is 17.3. The number of amides is 1. The number of nitrogens with zero attached hydrogens (tertiary/aromatic N) is 2. The van der Waals surface area contributed by atoms with Crippen molar-refractivity contribution in [1.29, 1.82) is 0 Å². The Labute approximate surface area is 72.4 Å². The van der Waals surface area contributed by atoms with Crippen molar-refractivity contribution in [1.82, 2.24) is 4.90 Å². The Morgan fingerprint density at radius 1 is 1.75 bits per heavy atom. The van der Waals surface area contributed by atoms with Crippen LogP contribution in [0.3, 0.4) is 0 Å². The fraction of sp³-hybridized carbons (Fsp3) is 0.750. The van der Waals surface area contributed by atoms with Gasteiger partial charge in [-0.2, -0.15) is 0 Å². The van der Waals surface area contributed by atoms with Gasteiger partial charge >= 0.3 is 0 Å². The second kappa shape index (κ2) is 4.21. The van der Waals surface area contributed by atoms with Crippen molar-refractivity contribution in [3.8, 4) is 0 Å². The van der Waals surface area contributed by atoms with Gasteiger partial charge in [-0.1, -0.05) is 0 Å². The van der Waals surface area contributed by atoms with Crippen LogP contribution in [-0.4, -0.2) is 36.3 Å². The molecule has 0 aromatic heterocycles. The molecule has 0 unspecified atom stereocenters. The van der Waals surface area contributed by atoms with Crippen molar-refractivity contribution in [2.45, 2.75) is 19.8 Å². The molecule has 0 aliphatic carbocycles. The second-order valence-corrected chi connectivity index (χ2v) is 2.87. The summed E-state index contributed by atoms with van der Waals surface area (Å²) in [6.07, 6.45) is 1.31. The number of amidine groups is 1. The topological polar surface area (TPSA) is 58.7 Å². The minimum absolute atomic E-state index is 0.152. The molecule has 0 fully saturated rings. The van der Waals surface area contributed by atoms with Gasteiger partial charge in [-0.05, 0) is 19.9 Å². The van der Waals surface area contributed by atoms with Gasteiger partial charge < -0.3 is 5.73 Å². The fourth-order valence-corrected chi connectivity index (χ4v) is 1.25. The molecule has 0 saturated carbocycles. The highest BCUT2D eigenvalue weighted by molar-refractivity contribution is 5.98. The molecule has 4 nitrogen and oxygen atoms in total. The van der Waals surface area contributed by atoms with Crippen molar-refractivity contribution in [3.05, 3.63) is 0 Å². The van der Waals surface area contributed by atoms with Gasteiger partial charge in [0.05, 0.1) is 6.54 Å². The number of carbonyl (C=O) groups is 1. The molecule has 0 saturated heterocycles. The third-order valence-electron chi connectivity index (χ3n) is 1.95. The normalized spacial score (nSPS) is 16.5. The van der Waals surface area contributed by atoms with E-state index in [1.165, 1.54) is 0 Å². The maximum atomic E-state index is 11.4. The van der Waals surface area contributed by atoms with Crippen molar-refractivity contribution in [2.75, 3.05) is 19.6 Å². The Hall–Kier alpha value is -0.900. The molecule has 1 heterocycles. The molecule has 2 N–H and O–H groups in total. The van der Waals surface area contributed by atoms with E-state index in [4.69, 9.17) is 5.73 Å². The van der Waals surface area contributed by atoms with Crippen molar-refractivity contribution in [3.63, 3.8) is 0 Å². The molecule has 1 rings (SSSR count). The van der Waals surface area contributed by atoms with Gasteiger partial charge in [-0.25, -0.2) is 0 Å². The zero-order valence-electron chi connectivity index (χ0n) is 7.42. The molecular weight excluding hydrogens is 154 g/mol. The van der Waals surface area contributed by atoms with Crippen LogP contribution >= 0.6 is 0 Å². The minimum atomic E-state index is 0.152. The highest BCUT2D eigenvalue weighted by Gasteiger charge is 2.18. The van der Waals surface area contributed by atoms with E-state index in [1.807, 2.05) is 6.92 Å². The number of nitrogens with two attached hydrogens (primary N) is 1. The molecule has 1 aliphatic heterocycles. The predicted octanol–water partition coefficient (Wildman–Crippen LogP) is -0.0141. The average Bonchev–Trinajstić information content (AvgIpc) is 2.47.